The summed E-state index contributed by atoms with van der Waals surface area (Å²) in [6.07, 6.45) is 2.86. The second-order valence-electron chi connectivity index (χ2n) is 5.51. The summed E-state index contributed by atoms with van der Waals surface area (Å²) in [6, 6.07) is 7.32. The van der Waals surface area contributed by atoms with Gasteiger partial charge in [-0.15, -0.1) is 0 Å². The Bertz CT molecular complexity index is 411. The predicted octanol–water partition coefficient (Wildman–Crippen LogP) is 1.59. The van der Waals surface area contributed by atoms with E-state index in [2.05, 4.69) is 5.32 Å². The molecule has 21 heavy (non-hydrogen) atoms. The zero-order valence-corrected chi connectivity index (χ0v) is 12.8. The van der Waals surface area contributed by atoms with Gasteiger partial charge in [-0.3, -0.25) is 0 Å². The molecule has 5 heteroatoms. The monoisotopic (exact) mass is 295 g/mol. The molecule has 1 aliphatic rings. The lowest BCUT2D eigenvalue weighted by molar-refractivity contribution is -0.0706. The van der Waals surface area contributed by atoms with E-state index in [0.717, 1.165) is 30.9 Å². The summed E-state index contributed by atoms with van der Waals surface area (Å²) < 4.78 is 16.1. The lowest BCUT2D eigenvalue weighted by Crippen LogP contribution is -2.49. The van der Waals surface area contributed by atoms with Crippen LogP contribution in [0.4, 0.5) is 0 Å². The first-order chi connectivity index (χ1) is 10.2. The van der Waals surface area contributed by atoms with Crippen LogP contribution in [0.5, 0.6) is 11.5 Å². The van der Waals surface area contributed by atoms with Crippen molar-refractivity contribution in [1.82, 2.24) is 5.32 Å². The van der Waals surface area contributed by atoms with Crippen molar-refractivity contribution in [3.8, 4) is 11.5 Å². The van der Waals surface area contributed by atoms with Crippen LogP contribution >= 0.6 is 0 Å². The highest BCUT2D eigenvalue weighted by Crippen LogP contribution is 2.34. The molecule has 1 aromatic rings. The number of rotatable bonds is 9. The quantitative estimate of drug-likeness (QED) is 0.724. The summed E-state index contributed by atoms with van der Waals surface area (Å²) in [6.45, 7) is 1.55. The molecule has 1 atom stereocenters. The number of nitrogens with one attached hydrogen (secondary N) is 1. The molecular weight excluding hydrogens is 270 g/mol. The predicted molar refractivity (Wildman–Crippen MR) is 81.0 cm³/mol. The molecule has 0 saturated heterocycles. The Labute approximate surface area is 126 Å². The van der Waals surface area contributed by atoms with Crippen molar-refractivity contribution >= 4 is 0 Å². The zero-order chi connectivity index (χ0) is 15.1. The van der Waals surface area contributed by atoms with Crippen molar-refractivity contribution in [1.29, 1.82) is 0 Å². The first kappa shape index (κ1) is 16.1. The van der Waals surface area contributed by atoms with Gasteiger partial charge in [0.15, 0.2) is 0 Å². The van der Waals surface area contributed by atoms with Crippen LogP contribution in [0, 0.1) is 0 Å². The number of benzene rings is 1. The van der Waals surface area contributed by atoms with E-state index in [0.29, 0.717) is 6.54 Å². The van der Waals surface area contributed by atoms with Gasteiger partial charge < -0.3 is 24.6 Å². The van der Waals surface area contributed by atoms with Crippen LogP contribution in [0.2, 0.25) is 0 Å². The molecule has 1 fully saturated rings. The molecule has 0 spiro atoms. The van der Waals surface area contributed by atoms with Crippen LogP contribution in [0.25, 0.3) is 0 Å². The maximum Gasteiger partial charge on any atom is 0.119 e. The largest absolute Gasteiger partial charge is 0.497 e. The van der Waals surface area contributed by atoms with Gasteiger partial charge in [0.2, 0.25) is 0 Å². The van der Waals surface area contributed by atoms with E-state index in [1.54, 1.807) is 14.2 Å². The van der Waals surface area contributed by atoms with Crippen molar-refractivity contribution in [2.75, 3.05) is 33.9 Å². The van der Waals surface area contributed by atoms with Crippen molar-refractivity contribution < 1.29 is 19.3 Å². The number of methoxy groups -OCH3 is 2. The fourth-order valence-electron chi connectivity index (χ4n) is 2.41. The van der Waals surface area contributed by atoms with Crippen LogP contribution in [0.15, 0.2) is 24.3 Å². The first-order valence-corrected chi connectivity index (χ1v) is 7.38. The Morgan fingerprint density at radius 2 is 1.86 bits per heavy atom. The van der Waals surface area contributed by atoms with Gasteiger partial charge in [0.05, 0.1) is 12.7 Å². The molecule has 5 nitrogen and oxygen atoms in total. The van der Waals surface area contributed by atoms with E-state index in [-0.39, 0.29) is 12.2 Å². The van der Waals surface area contributed by atoms with E-state index in [1.165, 1.54) is 6.42 Å². The van der Waals surface area contributed by atoms with Crippen molar-refractivity contribution in [2.24, 2.45) is 0 Å². The van der Waals surface area contributed by atoms with Crippen molar-refractivity contribution in [3.05, 3.63) is 24.3 Å². The zero-order valence-electron chi connectivity index (χ0n) is 12.8. The third kappa shape index (κ3) is 4.59. The summed E-state index contributed by atoms with van der Waals surface area (Å²) in [7, 11) is 3.38. The Morgan fingerprint density at radius 1 is 1.19 bits per heavy atom. The van der Waals surface area contributed by atoms with Gasteiger partial charge in [0, 0.05) is 20.2 Å². The normalized spacial score (nSPS) is 17.9. The van der Waals surface area contributed by atoms with Gasteiger partial charge in [-0.25, -0.2) is 0 Å². The van der Waals surface area contributed by atoms with Gasteiger partial charge in [-0.2, -0.15) is 0 Å². The average molecular weight is 295 g/mol. The number of hydrogen-bond donors (Lipinski definition) is 2. The molecule has 0 aliphatic heterocycles. The first-order valence-electron chi connectivity index (χ1n) is 7.38. The molecule has 0 amide bonds. The lowest BCUT2D eigenvalue weighted by Gasteiger charge is -2.40. The van der Waals surface area contributed by atoms with Crippen molar-refractivity contribution in [2.45, 2.75) is 31.0 Å². The topological polar surface area (TPSA) is 60.0 Å². The molecule has 0 bridgehead atoms. The minimum absolute atomic E-state index is 0.0173. The molecule has 0 radical (unpaired) electrons. The van der Waals surface area contributed by atoms with E-state index in [4.69, 9.17) is 14.2 Å². The smallest absolute Gasteiger partial charge is 0.119 e. The highest BCUT2D eigenvalue weighted by atomic mass is 16.5. The second-order valence-corrected chi connectivity index (χ2v) is 5.51. The minimum Gasteiger partial charge on any atom is -0.497 e. The minimum atomic E-state index is -0.541. The summed E-state index contributed by atoms with van der Waals surface area (Å²) >= 11 is 0. The second kappa shape index (κ2) is 7.64. The molecule has 1 aromatic carbocycles. The Kier molecular flexibility index (Phi) is 5.85. The summed E-state index contributed by atoms with van der Waals surface area (Å²) in [5, 5.41) is 13.2. The van der Waals surface area contributed by atoms with Crippen LogP contribution < -0.4 is 14.8 Å². The molecule has 2 rings (SSSR count). The van der Waals surface area contributed by atoms with Crippen LogP contribution in [-0.4, -0.2) is 50.7 Å². The highest BCUT2D eigenvalue weighted by Gasteiger charge is 2.36. The van der Waals surface area contributed by atoms with E-state index in [9.17, 15) is 5.11 Å². The fourth-order valence-corrected chi connectivity index (χ4v) is 2.41. The SMILES string of the molecule is COc1ccc(OCC(O)CNCC2(OC)CCC2)cc1. The third-order valence-electron chi connectivity index (χ3n) is 4.03. The van der Waals surface area contributed by atoms with Crippen molar-refractivity contribution in [3.63, 3.8) is 0 Å². The van der Waals surface area contributed by atoms with Gasteiger partial charge in [-0.05, 0) is 43.5 Å². The lowest BCUT2D eigenvalue weighted by atomic mass is 9.80. The molecule has 0 heterocycles. The molecule has 0 aromatic heterocycles. The molecule has 118 valence electrons. The molecule has 1 unspecified atom stereocenters. The highest BCUT2D eigenvalue weighted by molar-refractivity contribution is 5.31. The molecule has 1 saturated carbocycles. The van der Waals surface area contributed by atoms with Gasteiger partial charge in [0.1, 0.15) is 24.2 Å². The summed E-state index contributed by atoms with van der Waals surface area (Å²) in [4.78, 5) is 0. The average Bonchev–Trinajstić information content (AvgIpc) is 2.48. The Hall–Kier alpha value is -1.30. The molecule has 2 N–H and O–H groups in total. The Balaban J connectivity index is 1.63. The van der Waals surface area contributed by atoms with E-state index in [1.807, 2.05) is 24.3 Å². The Morgan fingerprint density at radius 3 is 2.38 bits per heavy atom. The van der Waals surface area contributed by atoms with Crippen LogP contribution in [-0.2, 0) is 4.74 Å². The maximum atomic E-state index is 9.92. The van der Waals surface area contributed by atoms with Crippen LogP contribution in [0.3, 0.4) is 0 Å². The number of hydrogen-bond acceptors (Lipinski definition) is 5. The standard InChI is InChI=1S/C16H25NO4/c1-19-14-4-6-15(7-5-14)21-11-13(18)10-17-12-16(20-2)8-3-9-16/h4-7,13,17-18H,3,8-12H2,1-2H3. The molecular formula is C16H25NO4. The van der Waals surface area contributed by atoms with E-state index < -0.39 is 6.10 Å². The number of aliphatic hydroxyl groups is 1. The van der Waals surface area contributed by atoms with Gasteiger partial charge in [0.25, 0.3) is 0 Å². The summed E-state index contributed by atoms with van der Waals surface area (Å²) in [5.41, 5.74) is -0.0173. The van der Waals surface area contributed by atoms with Gasteiger partial charge in [-0.1, -0.05) is 0 Å². The van der Waals surface area contributed by atoms with Gasteiger partial charge >= 0.3 is 0 Å². The third-order valence-corrected chi connectivity index (χ3v) is 4.03. The summed E-state index contributed by atoms with van der Waals surface area (Å²) in [5.74, 6) is 1.51. The number of aliphatic hydroxyl groups excluding tert-OH is 1. The van der Waals surface area contributed by atoms with E-state index >= 15 is 0 Å². The number of ether oxygens (including phenoxy) is 3. The maximum absolute atomic E-state index is 9.92. The molecule has 1 aliphatic carbocycles. The fraction of sp³-hybridized carbons (Fsp3) is 0.625. The van der Waals surface area contributed by atoms with Crippen LogP contribution in [0.1, 0.15) is 19.3 Å².